The van der Waals surface area contributed by atoms with E-state index in [1.807, 2.05) is 0 Å². The minimum atomic E-state index is -0.855. The molecule has 1 aliphatic heterocycles. The third-order valence-corrected chi connectivity index (χ3v) is 4.77. The molecule has 7 heteroatoms. The summed E-state index contributed by atoms with van der Waals surface area (Å²) < 4.78 is 27.2. The van der Waals surface area contributed by atoms with Gasteiger partial charge >= 0.3 is 6.03 Å². The van der Waals surface area contributed by atoms with Gasteiger partial charge in [-0.3, -0.25) is 4.98 Å². The van der Waals surface area contributed by atoms with E-state index in [1.165, 1.54) is 6.07 Å². The van der Waals surface area contributed by atoms with Crippen molar-refractivity contribution in [3.63, 3.8) is 0 Å². The van der Waals surface area contributed by atoms with Gasteiger partial charge in [0.25, 0.3) is 0 Å². The molecule has 126 valence electrons. The van der Waals surface area contributed by atoms with Crippen LogP contribution in [0.25, 0.3) is 0 Å². The SMILES string of the molecule is O=C(Nc1ccncc1Br)N1CCCC(c2ccc(F)c(F)c2)C1. The highest BCUT2D eigenvalue weighted by Gasteiger charge is 2.25. The van der Waals surface area contributed by atoms with Crippen LogP contribution in [-0.2, 0) is 0 Å². The van der Waals surface area contributed by atoms with Crippen molar-refractivity contribution in [2.75, 3.05) is 18.4 Å². The summed E-state index contributed by atoms with van der Waals surface area (Å²) in [5.41, 5.74) is 1.36. The number of piperidine rings is 1. The highest BCUT2D eigenvalue weighted by Crippen LogP contribution is 2.29. The van der Waals surface area contributed by atoms with Crippen molar-refractivity contribution in [3.8, 4) is 0 Å². The molecule has 1 saturated heterocycles. The first-order chi connectivity index (χ1) is 11.5. The van der Waals surface area contributed by atoms with Gasteiger partial charge in [-0.05, 0) is 52.5 Å². The fourth-order valence-corrected chi connectivity index (χ4v) is 3.22. The minimum absolute atomic E-state index is 0.000445. The number of halogens is 3. The number of urea groups is 1. The second-order valence-corrected chi connectivity index (χ2v) is 6.60. The zero-order chi connectivity index (χ0) is 17.1. The van der Waals surface area contributed by atoms with Crippen LogP contribution in [0.3, 0.4) is 0 Å². The maximum Gasteiger partial charge on any atom is 0.321 e. The number of nitrogens with zero attached hydrogens (tertiary/aromatic N) is 2. The van der Waals surface area contributed by atoms with Crippen molar-refractivity contribution in [3.05, 3.63) is 58.3 Å². The molecule has 1 aromatic carbocycles. The number of aromatic nitrogens is 1. The highest BCUT2D eigenvalue weighted by atomic mass is 79.9. The molecule has 0 saturated carbocycles. The molecule has 1 fully saturated rings. The Labute approximate surface area is 147 Å². The summed E-state index contributed by atoms with van der Waals surface area (Å²) in [4.78, 5) is 18.1. The molecule has 3 rings (SSSR count). The lowest BCUT2D eigenvalue weighted by Gasteiger charge is -2.33. The number of hydrogen-bond acceptors (Lipinski definition) is 2. The second kappa shape index (κ2) is 7.25. The van der Waals surface area contributed by atoms with Crippen LogP contribution < -0.4 is 5.32 Å². The normalized spacial score (nSPS) is 17.6. The lowest BCUT2D eigenvalue weighted by atomic mass is 9.90. The molecule has 2 heterocycles. The lowest BCUT2D eigenvalue weighted by molar-refractivity contribution is 0.192. The van der Waals surface area contributed by atoms with Gasteiger partial charge in [-0.1, -0.05) is 6.07 Å². The lowest BCUT2D eigenvalue weighted by Crippen LogP contribution is -2.41. The topological polar surface area (TPSA) is 45.2 Å². The summed E-state index contributed by atoms with van der Waals surface area (Å²) in [5, 5.41) is 2.84. The average Bonchev–Trinajstić information content (AvgIpc) is 2.59. The van der Waals surface area contributed by atoms with Gasteiger partial charge in [0.1, 0.15) is 0 Å². The number of amides is 2. The maximum absolute atomic E-state index is 13.4. The molecular weight excluding hydrogens is 380 g/mol. The molecular formula is C17H16BrF2N3O. The maximum atomic E-state index is 13.4. The van der Waals surface area contributed by atoms with Crippen molar-refractivity contribution >= 4 is 27.6 Å². The van der Waals surface area contributed by atoms with Crippen LogP contribution in [-0.4, -0.2) is 29.0 Å². The van der Waals surface area contributed by atoms with Crippen LogP contribution in [0.5, 0.6) is 0 Å². The molecule has 0 bridgehead atoms. The molecule has 1 unspecified atom stereocenters. The van der Waals surface area contributed by atoms with Gasteiger partial charge < -0.3 is 10.2 Å². The molecule has 1 N–H and O–H groups in total. The Hall–Kier alpha value is -2.02. The Balaban J connectivity index is 1.69. The molecule has 0 spiro atoms. The van der Waals surface area contributed by atoms with Gasteiger partial charge in [-0.15, -0.1) is 0 Å². The van der Waals surface area contributed by atoms with Crippen molar-refractivity contribution in [1.29, 1.82) is 0 Å². The molecule has 1 atom stereocenters. The van der Waals surface area contributed by atoms with E-state index in [-0.39, 0.29) is 11.9 Å². The number of benzene rings is 1. The third kappa shape index (κ3) is 3.72. The van der Waals surface area contributed by atoms with Crippen LogP contribution >= 0.6 is 15.9 Å². The van der Waals surface area contributed by atoms with E-state index >= 15 is 0 Å². The van der Waals surface area contributed by atoms with Gasteiger partial charge in [0.2, 0.25) is 0 Å². The summed E-state index contributed by atoms with van der Waals surface area (Å²) in [5.74, 6) is -1.71. The van der Waals surface area contributed by atoms with Gasteiger partial charge in [-0.2, -0.15) is 0 Å². The monoisotopic (exact) mass is 395 g/mol. The van der Waals surface area contributed by atoms with Gasteiger partial charge in [0.15, 0.2) is 11.6 Å². The molecule has 1 aliphatic rings. The molecule has 0 aliphatic carbocycles. The molecule has 24 heavy (non-hydrogen) atoms. The standard InChI is InChI=1S/C17H16BrF2N3O/c18-13-9-21-6-5-16(13)22-17(24)23-7-1-2-12(10-23)11-3-4-14(19)15(20)8-11/h3-6,8-9,12H,1-2,7,10H2,(H,21,22,24). The Morgan fingerprint density at radius 3 is 2.88 bits per heavy atom. The number of anilines is 1. The first kappa shape index (κ1) is 16.8. The van der Waals surface area contributed by atoms with E-state index in [0.717, 1.165) is 24.5 Å². The van der Waals surface area contributed by atoms with Gasteiger partial charge in [-0.25, -0.2) is 13.6 Å². The predicted molar refractivity (Wildman–Crippen MR) is 90.9 cm³/mol. The minimum Gasteiger partial charge on any atom is -0.324 e. The molecule has 4 nitrogen and oxygen atoms in total. The molecule has 2 amide bonds. The largest absolute Gasteiger partial charge is 0.324 e. The number of carbonyl (C=O) groups excluding carboxylic acids is 1. The number of likely N-dealkylation sites (tertiary alicyclic amines) is 1. The Morgan fingerprint density at radius 2 is 2.12 bits per heavy atom. The molecule has 0 radical (unpaired) electrons. The van der Waals surface area contributed by atoms with Crippen LogP contribution in [0.2, 0.25) is 0 Å². The van der Waals surface area contributed by atoms with Crippen LogP contribution in [0.1, 0.15) is 24.3 Å². The second-order valence-electron chi connectivity index (χ2n) is 5.74. The summed E-state index contributed by atoms with van der Waals surface area (Å²) in [6.07, 6.45) is 4.86. The number of carbonyl (C=O) groups is 1. The molecule has 1 aromatic heterocycles. The summed E-state index contributed by atoms with van der Waals surface area (Å²) in [7, 11) is 0. The van der Waals surface area contributed by atoms with E-state index in [2.05, 4.69) is 26.2 Å². The van der Waals surface area contributed by atoms with Gasteiger partial charge in [0.05, 0.1) is 10.2 Å². The smallest absolute Gasteiger partial charge is 0.321 e. The number of hydrogen-bond donors (Lipinski definition) is 1. The number of pyridine rings is 1. The quantitative estimate of drug-likeness (QED) is 0.811. The summed E-state index contributed by atoms with van der Waals surface area (Å²) in [6.45, 7) is 1.11. The number of rotatable bonds is 2. The zero-order valence-electron chi connectivity index (χ0n) is 12.8. The van der Waals surface area contributed by atoms with E-state index in [9.17, 15) is 13.6 Å². The molecule has 2 aromatic rings. The van der Waals surface area contributed by atoms with Crippen LogP contribution in [0, 0.1) is 11.6 Å². The fourth-order valence-electron chi connectivity index (χ4n) is 2.87. The van der Waals surface area contributed by atoms with Crippen LogP contribution in [0.4, 0.5) is 19.3 Å². The summed E-state index contributed by atoms with van der Waals surface area (Å²) >= 11 is 3.34. The fraction of sp³-hybridized carbons (Fsp3) is 0.294. The first-order valence-corrected chi connectivity index (χ1v) is 8.44. The van der Waals surface area contributed by atoms with Gasteiger partial charge in [0, 0.05) is 31.4 Å². The third-order valence-electron chi connectivity index (χ3n) is 4.14. The zero-order valence-corrected chi connectivity index (χ0v) is 14.4. The van der Waals surface area contributed by atoms with Crippen molar-refractivity contribution in [2.45, 2.75) is 18.8 Å². The first-order valence-electron chi connectivity index (χ1n) is 7.65. The van der Waals surface area contributed by atoms with E-state index in [1.54, 1.807) is 29.4 Å². The average molecular weight is 396 g/mol. The van der Waals surface area contributed by atoms with Crippen molar-refractivity contribution < 1.29 is 13.6 Å². The van der Waals surface area contributed by atoms with E-state index < -0.39 is 11.6 Å². The van der Waals surface area contributed by atoms with E-state index in [4.69, 9.17) is 0 Å². The summed E-state index contributed by atoms with van der Waals surface area (Å²) in [6, 6.07) is 5.44. The Bertz CT molecular complexity index is 756. The Morgan fingerprint density at radius 1 is 1.29 bits per heavy atom. The number of nitrogens with one attached hydrogen (secondary N) is 1. The van der Waals surface area contributed by atoms with Crippen LogP contribution in [0.15, 0.2) is 41.1 Å². The highest BCUT2D eigenvalue weighted by molar-refractivity contribution is 9.10. The predicted octanol–water partition coefficient (Wildman–Crippen LogP) is 4.53. The van der Waals surface area contributed by atoms with E-state index in [0.29, 0.717) is 23.2 Å². The van der Waals surface area contributed by atoms with Crippen molar-refractivity contribution in [2.24, 2.45) is 0 Å². The van der Waals surface area contributed by atoms with Crippen molar-refractivity contribution in [1.82, 2.24) is 9.88 Å². The Kier molecular flexibility index (Phi) is 5.08.